The zero-order valence-corrected chi connectivity index (χ0v) is 30.9. The standard InChI is InChI=1S/C42H48N8O4/c1-54-38-22-36-32(21-37(38)45-40(52)31-19-29(23-43)24-44-25-31)27-50(47-36)33-7-5-28(6-8-33)26-48-15-11-42(12-16-48)13-17-49(18-14-42)34-4-2-3-30(20-34)35-9-10-39(51)46-41(35)53/h2-4,19-22,24-25,27-28,33,35H,5-18,26H2,1H3,(H,45,52)(H,46,51,53)/t28-,33-,35?. The number of likely N-dealkylation sites (tertiary alicyclic amines) is 1. The lowest BCUT2D eigenvalue weighted by Gasteiger charge is -2.48. The molecule has 3 amide bonds. The molecular weight excluding hydrogens is 681 g/mol. The molecule has 4 aromatic rings. The highest BCUT2D eigenvalue weighted by Crippen LogP contribution is 2.43. The minimum Gasteiger partial charge on any atom is -0.494 e. The SMILES string of the molecule is COc1cc2nn([C@H]3CC[C@H](CN4CCC5(CC4)CCN(c4cccc(C6CCC(=O)NC6=O)c4)CC5)CC3)cc2cc1NC(=O)c1cncc(C#N)c1. The van der Waals surface area contributed by atoms with Crippen molar-refractivity contribution in [3.63, 3.8) is 0 Å². The average Bonchev–Trinajstić information content (AvgIpc) is 3.62. The van der Waals surface area contributed by atoms with Gasteiger partial charge in [-0.15, -0.1) is 0 Å². The second-order valence-corrected chi connectivity index (χ2v) is 15.8. The number of amides is 3. The molecular formula is C42H48N8O4. The highest BCUT2D eigenvalue weighted by Gasteiger charge is 2.38. The van der Waals surface area contributed by atoms with Gasteiger partial charge in [0.25, 0.3) is 5.91 Å². The number of methoxy groups -OCH3 is 1. The van der Waals surface area contributed by atoms with E-state index in [2.05, 4.69) is 54.5 Å². The summed E-state index contributed by atoms with van der Waals surface area (Å²) < 4.78 is 7.71. The topological polar surface area (TPSA) is 145 Å². The first kappa shape index (κ1) is 35.7. The quantitative estimate of drug-likeness (QED) is 0.203. The first-order valence-corrected chi connectivity index (χ1v) is 19.4. The Morgan fingerprint density at radius 1 is 1.00 bits per heavy atom. The predicted molar refractivity (Wildman–Crippen MR) is 205 cm³/mol. The largest absolute Gasteiger partial charge is 0.494 e. The van der Waals surface area contributed by atoms with Crippen LogP contribution in [0.4, 0.5) is 11.4 Å². The van der Waals surface area contributed by atoms with Gasteiger partial charge in [0.1, 0.15) is 11.8 Å². The Labute approximate surface area is 315 Å². The fraction of sp³-hybridized carbons (Fsp3) is 0.476. The van der Waals surface area contributed by atoms with Crippen molar-refractivity contribution in [1.29, 1.82) is 5.26 Å². The Morgan fingerprint density at radius 3 is 2.52 bits per heavy atom. The number of nitrogens with one attached hydrogen (secondary N) is 2. The molecule has 4 fully saturated rings. The van der Waals surface area contributed by atoms with Crippen LogP contribution in [-0.2, 0) is 9.59 Å². The number of imide groups is 1. The van der Waals surface area contributed by atoms with Gasteiger partial charge in [-0.1, -0.05) is 12.1 Å². The number of hydrogen-bond acceptors (Lipinski definition) is 9. The molecule has 8 rings (SSSR count). The van der Waals surface area contributed by atoms with Crippen LogP contribution in [0, 0.1) is 22.7 Å². The lowest BCUT2D eigenvalue weighted by Crippen LogP contribution is -2.48. The molecule has 280 valence electrons. The molecule has 2 aromatic carbocycles. The Bertz CT molecular complexity index is 2080. The predicted octanol–water partition coefficient (Wildman–Crippen LogP) is 6.20. The number of piperidine rings is 3. The first-order valence-electron chi connectivity index (χ1n) is 19.4. The molecule has 1 spiro atoms. The Morgan fingerprint density at radius 2 is 1.78 bits per heavy atom. The van der Waals surface area contributed by atoms with Crippen LogP contribution >= 0.6 is 0 Å². The molecule has 1 atom stereocenters. The van der Waals surface area contributed by atoms with Gasteiger partial charge in [-0.2, -0.15) is 10.4 Å². The summed E-state index contributed by atoms with van der Waals surface area (Å²) >= 11 is 0. The summed E-state index contributed by atoms with van der Waals surface area (Å²) in [4.78, 5) is 46.3. The summed E-state index contributed by atoms with van der Waals surface area (Å²) in [6.45, 7) is 5.62. The Kier molecular flexibility index (Phi) is 10.1. The monoisotopic (exact) mass is 728 g/mol. The second-order valence-electron chi connectivity index (χ2n) is 15.8. The maximum Gasteiger partial charge on any atom is 0.257 e. The van der Waals surface area contributed by atoms with E-state index in [1.54, 1.807) is 7.11 Å². The van der Waals surface area contributed by atoms with Crippen molar-refractivity contribution in [2.24, 2.45) is 11.3 Å². The molecule has 2 N–H and O–H groups in total. The minimum absolute atomic E-state index is 0.171. The molecule has 5 heterocycles. The van der Waals surface area contributed by atoms with Crippen LogP contribution in [0.1, 0.15) is 97.7 Å². The van der Waals surface area contributed by atoms with Crippen LogP contribution in [0.2, 0.25) is 0 Å². The summed E-state index contributed by atoms with van der Waals surface area (Å²) in [5.74, 6) is 0.285. The van der Waals surface area contributed by atoms with Crippen LogP contribution in [0.25, 0.3) is 10.9 Å². The maximum absolute atomic E-state index is 13.0. The maximum atomic E-state index is 13.0. The van der Waals surface area contributed by atoms with Crippen molar-refractivity contribution in [1.82, 2.24) is 25.0 Å². The zero-order chi connectivity index (χ0) is 37.2. The lowest BCUT2D eigenvalue weighted by atomic mass is 9.71. The minimum atomic E-state index is -0.358. The number of hydrogen-bond donors (Lipinski definition) is 2. The van der Waals surface area contributed by atoms with Gasteiger partial charge in [-0.3, -0.25) is 29.4 Å². The van der Waals surface area contributed by atoms with Gasteiger partial charge in [-0.05, 0) is 112 Å². The van der Waals surface area contributed by atoms with Gasteiger partial charge in [0.15, 0.2) is 0 Å². The van der Waals surface area contributed by atoms with Crippen molar-refractivity contribution in [3.8, 4) is 11.8 Å². The fourth-order valence-corrected chi connectivity index (χ4v) is 9.20. The highest BCUT2D eigenvalue weighted by atomic mass is 16.5. The number of rotatable bonds is 8. The van der Waals surface area contributed by atoms with E-state index in [4.69, 9.17) is 9.84 Å². The molecule has 12 heteroatoms. The normalized spacial score (nSPS) is 23.2. The summed E-state index contributed by atoms with van der Waals surface area (Å²) in [6.07, 6.45) is 15.5. The summed E-state index contributed by atoms with van der Waals surface area (Å²) in [5, 5.41) is 20.5. The van der Waals surface area contributed by atoms with Crippen LogP contribution < -0.4 is 20.3 Å². The molecule has 0 radical (unpaired) electrons. The molecule has 1 aliphatic carbocycles. The van der Waals surface area contributed by atoms with Gasteiger partial charge < -0.3 is 19.9 Å². The van der Waals surface area contributed by atoms with Crippen LogP contribution in [0.3, 0.4) is 0 Å². The van der Waals surface area contributed by atoms with Crippen LogP contribution in [0.5, 0.6) is 5.75 Å². The number of benzene rings is 2. The number of carbonyl (C=O) groups excluding carboxylic acids is 3. The molecule has 0 bridgehead atoms. The fourth-order valence-electron chi connectivity index (χ4n) is 9.20. The van der Waals surface area contributed by atoms with Crippen molar-refractivity contribution in [2.75, 3.05) is 50.1 Å². The van der Waals surface area contributed by atoms with Gasteiger partial charge >= 0.3 is 0 Å². The Balaban J connectivity index is 0.809. The number of carbonyl (C=O) groups is 3. The molecule has 1 unspecified atom stereocenters. The average molecular weight is 729 g/mol. The zero-order valence-electron chi connectivity index (χ0n) is 30.9. The Hall–Kier alpha value is -5.28. The molecule has 4 aliphatic rings. The molecule has 2 aromatic heterocycles. The molecule has 3 aliphatic heterocycles. The van der Waals surface area contributed by atoms with E-state index in [0.717, 1.165) is 42.4 Å². The van der Waals surface area contributed by atoms with Gasteiger partial charge in [-0.25, -0.2) is 0 Å². The van der Waals surface area contributed by atoms with Crippen molar-refractivity contribution < 1.29 is 19.1 Å². The van der Waals surface area contributed by atoms with E-state index in [-0.39, 0.29) is 23.6 Å². The van der Waals surface area contributed by atoms with Crippen molar-refractivity contribution in [3.05, 3.63) is 77.7 Å². The smallest absolute Gasteiger partial charge is 0.257 e. The van der Waals surface area contributed by atoms with Crippen LogP contribution in [-0.4, -0.2) is 77.2 Å². The van der Waals surface area contributed by atoms with E-state index in [0.29, 0.717) is 52.8 Å². The van der Waals surface area contributed by atoms with E-state index in [1.807, 2.05) is 24.3 Å². The third-order valence-electron chi connectivity index (χ3n) is 12.5. The summed E-state index contributed by atoms with van der Waals surface area (Å²) in [5.41, 5.74) is 4.64. The second kappa shape index (κ2) is 15.2. The first-order chi connectivity index (χ1) is 26.3. The summed E-state index contributed by atoms with van der Waals surface area (Å²) in [7, 11) is 1.58. The molecule has 3 saturated heterocycles. The van der Waals surface area contributed by atoms with Crippen LogP contribution in [0.15, 0.2) is 61.1 Å². The number of pyridine rings is 1. The third kappa shape index (κ3) is 7.55. The van der Waals surface area contributed by atoms with E-state index >= 15 is 0 Å². The van der Waals surface area contributed by atoms with Gasteiger partial charge in [0.2, 0.25) is 11.8 Å². The van der Waals surface area contributed by atoms with Gasteiger partial charge in [0, 0.05) is 61.8 Å². The molecule has 1 saturated carbocycles. The number of fused-ring (bicyclic) bond motifs is 1. The number of nitriles is 1. The third-order valence-corrected chi connectivity index (χ3v) is 12.5. The van der Waals surface area contributed by atoms with Crippen molar-refractivity contribution in [2.45, 2.75) is 76.2 Å². The van der Waals surface area contributed by atoms with E-state index in [1.165, 1.54) is 82.3 Å². The number of anilines is 2. The number of ether oxygens (including phenoxy) is 1. The molecule has 54 heavy (non-hydrogen) atoms. The number of nitrogens with zero attached hydrogens (tertiary/aromatic N) is 6. The van der Waals surface area contributed by atoms with Gasteiger partial charge in [0.05, 0.1) is 41.4 Å². The van der Waals surface area contributed by atoms with E-state index < -0.39 is 0 Å². The van der Waals surface area contributed by atoms with E-state index in [9.17, 15) is 19.6 Å². The lowest BCUT2D eigenvalue weighted by molar-refractivity contribution is -0.134. The number of aromatic nitrogens is 3. The highest BCUT2D eigenvalue weighted by molar-refractivity contribution is 6.06. The van der Waals surface area contributed by atoms with Crippen molar-refractivity contribution >= 4 is 40.0 Å². The summed E-state index contributed by atoms with van der Waals surface area (Å²) in [6, 6.07) is 16.0. The molecule has 12 nitrogen and oxygen atoms in total.